The van der Waals surface area contributed by atoms with Gasteiger partial charge in [0.2, 0.25) is 17.7 Å². The van der Waals surface area contributed by atoms with Gasteiger partial charge in [0, 0.05) is 23.5 Å². The highest BCUT2D eigenvalue weighted by atomic mass is 32.1. The summed E-state index contributed by atoms with van der Waals surface area (Å²) in [5.41, 5.74) is 2.22. The fraction of sp³-hybridized carbons (Fsp3) is 0.160. The fourth-order valence-electron chi connectivity index (χ4n) is 3.08. The first kappa shape index (κ1) is 22.3. The smallest absolute Gasteiger partial charge is 0.248 e. The molecule has 0 atom stereocenters. The van der Waals surface area contributed by atoms with Gasteiger partial charge >= 0.3 is 0 Å². The van der Waals surface area contributed by atoms with Crippen molar-refractivity contribution in [3.63, 3.8) is 0 Å². The number of amides is 1. The van der Waals surface area contributed by atoms with E-state index in [1.165, 1.54) is 11.3 Å². The standard InChI is InChI=1S/C25H24N4O3S/c1-3-4-5-12-22(30)26-17-8-7-11-20(16-17)32-24-23-21(13-14-33-23)28-25(29-24)27-18-9-6-10-19(15-18)31-2/h5-16H,3-4H2,1-2H3,(H,26,30)(H,27,28,29)/b12-5+. The first-order valence-corrected chi connectivity index (χ1v) is 11.4. The molecule has 2 aromatic carbocycles. The van der Waals surface area contributed by atoms with Gasteiger partial charge in [-0.15, -0.1) is 11.3 Å². The number of aromatic nitrogens is 2. The van der Waals surface area contributed by atoms with Crippen molar-refractivity contribution in [3.8, 4) is 17.4 Å². The lowest BCUT2D eigenvalue weighted by molar-refractivity contribution is -0.111. The number of nitrogens with zero attached hydrogens (tertiary/aromatic N) is 2. The van der Waals surface area contributed by atoms with Gasteiger partial charge in [0.25, 0.3) is 0 Å². The molecule has 0 aliphatic heterocycles. The molecule has 168 valence electrons. The van der Waals surface area contributed by atoms with E-state index in [1.807, 2.05) is 60.0 Å². The summed E-state index contributed by atoms with van der Waals surface area (Å²) >= 11 is 1.50. The number of ether oxygens (including phenoxy) is 2. The molecule has 0 unspecified atom stereocenters. The summed E-state index contributed by atoms with van der Waals surface area (Å²) < 4.78 is 12.2. The second kappa shape index (κ2) is 10.6. The van der Waals surface area contributed by atoms with Crippen LogP contribution in [0.15, 0.2) is 72.1 Å². The second-order valence-corrected chi connectivity index (χ2v) is 8.07. The van der Waals surface area contributed by atoms with Crippen molar-refractivity contribution < 1.29 is 14.3 Å². The number of carbonyl (C=O) groups excluding carboxylic acids is 1. The van der Waals surface area contributed by atoms with Gasteiger partial charge in [0.05, 0.1) is 12.6 Å². The van der Waals surface area contributed by atoms with Gasteiger partial charge in [-0.1, -0.05) is 31.6 Å². The predicted molar refractivity (Wildman–Crippen MR) is 133 cm³/mol. The minimum atomic E-state index is -0.173. The Bertz CT molecular complexity index is 1290. The number of nitrogens with one attached hydrogen (secondary N) is 2. The molecule has 0 aliphatic rings. The Kier molecular flexibility index (Phi) is 7.16. The van der Waals surface area contributed by atoms with E-state index in [9.17, 15) is 4.79 Å². The number of hydrogen-bond acceptors (Lipinski definition) is 7. The average molecular weight is 461 g/mol. The summed E-state index contributed by atoms with van der Waals surface area (Å²) in [6.45, 7) is 2.07. The van der Waals surface area contributed by atoms with Crippen LogP contribution in [0.5, 0.6) is 17.4 Å². The third-order valence-corrected chi connectivity index (χ3v) is 5.53. The molecule has 0 aliphatic carbocycles. The lowest BCUT2D eigenvalue weighted by atomic mass is 10.3. The minimum Gasteiger partial charge on any atom is -0.497 e. The Labute approximate surface area is 196 Å². The Morgan fingerprint density at radius 2 is 1.85 bits per heavy atom. The van der Waals surface area contributed by atoms with E-state index in [4.69, 9.17) is 9.47 Å². The normalized spacial score (nSPS) is 11.0. The van der Waals surface area contributed by atoms with E-state index >= 15 is 0 Å². The molecule has 0 saturated heterocycles. The number of fused-ring (bicyclic) bond motifs is 1. The lowest BCUT2D eigenvalue weighted by Gasteiger charge is -2.11. The van der Waals surface area contributed by atoms with Gasteiger partial charge < -0.3 is 20.1 Å². The molecule has 7 nitrogen and oxygen atoms in total. The van der Waals surface area contributed by atoms with Gasteiger partial charge in [-0.25, -0.2) is 4.98 Å². The van der Waals surface area contributed by atoms with E-state index in [2.05, 4.69) is 27.5 Å². The molecule has 0 spiro atoms. The van der Waals surface area contributed by atoms with E-state index in [1.54, 1.807) is 19.3 Å². The van der Waals surface area contributed by atoms with Crippen molar-refractivity contribution in [1.82, 2.24) is 9.97 Å². The van der Waals surface area contributed by atoms with E-state index in [-0.39, 0.29) is 5.91 Å². The van der Waals surface area contributed by atoms with Crippen molar-refractivity contribution in [3.05, 3.63) is 72.1 Å². The van der Waals surface area contributed by atoms with Crippen molar-refractivity contribution in [2.45, 2.75) is 19.8 Å². The molecule has 0 saturated carbocycles. The highest BCUT2D eigenvalue weighted by Crippen LogP contribution is 2.34. The zero-order chi connectivity index (χ0) is 23.0. The van der Waals surface area contributed by atoms with Gasteiger partial charge in [0.15, 0.2) is 0 Å². The first-order chi connectivity index (χ1) is 16.1. The Morgan fingerprint density at radius 3 is 2.67 bits per heavy atom. The van der Waals surface area contributed by atoms with Crippen LogP contribution < -0.4 is 20.1 Å². The number of allylic oxidation sites excluding steroid dienone is 1. The zero-order valence-corrected chi connectivity index (χ0v) is 19.2. The average Bonchev–Trinajstić information content (AvgIpc) is 3.29. The SMILES string of the molecule is CCC/C=C/C(=O)Nc1cccc(Oc2nc(Nc3cccc(OC)c3)nc3ccsc23)c1. The number of thiophene rings is 1. The maximum absolute atomic E-state index is 12.1. The molecule has 4 aromatic rings. The van der Waals surface area contributed by atoms with E-state index < -0.39 is 0 Å². The third kappa shape index (κ3) is 5.87. The van der Waals surface area contributed by atoms with Crippen molar-refractivity contribution >= 4 is 44.8 Å². The van der Waals surface area contributed by atoms with Crippen LogP contribution in [0.4, 0.5) is 17.3 Å². The Morgan fingerprint density at radius 1 is 1.06 bits per heavy atom. The number of carbonyl (C=O) groups is 1. The fourth-order valence-corrected chi connectivity index (χ4v) is 3.84. The van der Waals surface area contributed by atoms with E-state index in [0.717, 1.165) is 34.5 Å². The molecule has 0 radical (unpaired) electrons. The molecule has 0 fully saturated rings. The molecule has 1 amide bonds. The number of benzene rings is 2. The maximum atomic E-state index is 12.1. The maximum Gasteiger partial charge on any atom is 0.248 e. The Balaban J connectivity index is 1.56. The van der Waals surface area contributed by atoms with Crippen molar-refractivity contribution in [2.24, 2.45) is 0 Å². The zero-order valence-electron chi connectivity index (χ0n) is 18.4. The van der Waals surface area contributed by atoms with Crippen LogP contribution in [0.2, 0.25) is 0 Å². The van der Waals surface area contributed by atoms with Gasteiger partial charge in [-0.3, -0.25) is 4.79 Å². The topological polar surface area (TPSA) is 85.4 Å². The predicted octanol–water partition coefficient (Wildman–Crippen LogP) is 6.53. The van der Waals surface area contributed by atoms with Crippen LogP contribution in [0.1, 0.15) is 19.8 Å². The largest absolute Gasteiger partial charge is 0.497 e. The van der Waals surface area contributed by atoms with Crippen molar-refractivity contribution in [2.75, 3.05) is 17.7 Å². The highest BCUT2D eigenvalue weighted by Gasteiger charge is 2.12. The summed E-state index contributed by atoms with van der Waals surface area (Å²) in [4.78, 5) is 21.3. The Hall–Kier alpha value is -3.91. The minimum absolute atomic E-state index is 0.173. The summed E-state index contributed by atoms with van der Waals surface area (Å²) in [6.07, 6.45) is 5.28. The van der Waals surface area contributed by atoms with Gasteiger partial charge in [-0.2, -0.15) is 4.98 Å². The number of unbranched alkanes of at least 4 members (excludes halogenated alkanes) is 1. The number of rotatable bonds is 9. The van der Waals surface area contributed by atoms with Crippen LogP contribution in [0.25, 0.3) is 10.2 Å². The summed E-state index contributed by atoms with van der Waals surface area (Å²) in [7, 11) is 1.62. The molecule has 2 aromatic heterocycles. The number of methoxy groups -OCH3 is 1. The quantitative estimate of drug-likeness (QED) is 0.276. The first-order valence-electron chi connectivity index (χ1n) is 10.6. The summed E-state index contributed by atoms with van der Waals surface area (Å²) in [5, 5.41) is 8.01. The molecule has 2 heterocycles. The highest BCUT2D eigenvalue weighted by molar-refractivity contribution is 7.17. The third-order valence-electron chi connectivity index (χ3n) is 4.64. The van der Waals surface area contributed by atoms with Crippen LogP contribution >= 0.6 is 11.3 Å². The van der Waals surface area contributed by atoms with Crippen LogP contribution in [0.3, 0.4) is 0 Å². The monoisotopic (exact) mass is 460 g/mol. The molecular weight excluding hydrogens is 436 g/mol. The lowest BCUT2D eigenvalue weighted by Crippen LogP contribution is -2.07. The van der Waals surface area contributed by atoms with Crippen LogP contribution in [0, 0.1) is 0 Å². The molecule has 33 heavy (non-hydrogen) atoms. The molecular formula is C25H24N4O3S. The summed E-state index contributed by atoms with van der Waals surface area (Å²) in [5.74, 6) is 1.97. The molecule has 4 rings (SSSR count). The number of hydrogen-bond donors (Lipinski definition) is 2. The van der Waals surface area contributed by atoms with E-state index in [0.29, 0.717) is 23.3 Å². The van der Waals surface area contributed by atoms with Gasteiger partial charge in [0.1, 0.15) is 16.2 Å². The molecule has 0 bridgehead atoms. The van der Waals surface area contributed by atoms with Crippen LogP contribution in [-0.4, -0.2) is 23.0 Å². The number of anilines is 3. The second-order valence-electron chi connectivity index (χ2n) is 7.15. The molecule has 2 N–H and O–H groups in total. The molecule has 8 heteroatoms. The van der Waals surface area contributed by atoms with Crippen LogP contribution in [-0.2, 0) is 4.79 Å². The summed E-state index contributed by atoms with van der Waals surface area (Å²) in [6, 6.07) is 16.7. The van der Waals surface area contributed by atoms with Gasteiger partial charge in [-0.05, 0) is 48.2 Å². The van der Waals surface area contributed by atoms with Crippen molar-refractivity contribution in [1.29, 1.82) is 0 Å².